The van der Waals surface area contributed by atoms with Gasteiger partial charge in [-0.05, 0) is 43.7 Å². The summed E-state index contributed by atoms with van der Waals surface area (Å²) in [7, 11) is 2.98. The highest BCUT2D eigenvalue weighted by molar-refractivity contribution is 6.07. The van der Waals surface area contributed by atoms with Crippen molar-refractivity contribution in [3.63, 3.8) is 0 Å². The second kappa shape index (κ2) is 9.42. The molecule has 1 unspecified atom stereocenters. The minimum Gasteiger partial charge on any atom is -0.496 e. The highest BCUT2D eigenvalue weighted by Gasteiger charge is 2.57. The molecule has 10 heteroatoms. The lowest BCUT2D eigenvalue weighted by Crippen LogP contribution is -2.53. The molecule has 1 fully saturated rings. The number of alkyl halides is 1. The van der Waals surface area contributed by atoms with Crippen LogP contribution in [0.15, 0.2) is 48.5 Å². The summed E-state index contributed by atoms with van der Waals surface area (Å²) in [4.78, 5) is 46.4. The van der Waals surface area contributed by atoms with Crippen LogP contribution < -0.4 is 10.1 Å². The summed E-state index contributed by atoms with van der Waals surface area (Å²) in [6, 6.07) is 14.2. The molecule has 2 N–H and O–H groups in total. The molecule has 39 heavy (non-hydrogen) atoms. The third kappa shape index (κ3) is 4.38. The number of methoxy groups -OCH3 is 1. The van der Waals surface area contributed by atoms with E-state index in [-0.39, 0.29) is 31.0 Å². The van der Waals surface area contributed by atoms with Crippen LogP contribution in [0.1, 0.15) is 42.7 Å². The Balaban J connectivity index is 1.48. The minimum atomic E-state index is -1.80. The monoisotopic (exact) mass is 531 g/mol. The number of para-hydroxylation sites is 1. The van der Waals surface area contributed by atoms with Crippen molar-refractivity contribution < 1.29 is 23.5 Å². The molecule has 3 atom stereocenters. The van der Waals surface area contributed by atoms with Crippen LogP contribution >= 0.6 is 0 Å². The largest absolute Gasteiger partial charge is 0.496 e. The second-order valence-corrected chi connectivity index (χ2v) is 10.9. The number of aromatic nitrogens is 1. The summed E-state index contributed by atoms with van der Waals surface area (Å²) in [5.41, 5.74) is -0.614. The average Bonchev–Trinajstić information content (AvgIpc) is 3.60. The van der Waals surface area contributed by atoms with E-state index in [9.17, 15) is 19.6 Å². The Labute approximate surface area is 225 Å². The molecule has 0 radical (unpaired) electrons. The van der Waals surface area contributed by atoms with Crippen molar-refractivity contribution in [1.82, 2.24) is 14.8 Å². The van der Waals surface area contributed by atoms with Crippen LogP contribution in [-0.2, 0) is 15.0 Å². The number of anilines is 1. The van der Waals surface area contributed by atoms with Crippen molar-refractivity contribution in [3.8, 4) is 11.8 Å². The third-order valence-electron chi connectivity index (χ3n) is 7.74. The van der Waals surface area contributed by atoms with E-state index in [0.717, 1.165) is 5.56 Å². The molecule has 5 rings (SSSR count). The van der Waals surface area contributed by atoms with Gasteiger partial charge in [0.2, 0.25) is 11.8 Å². The fraction of sp³-hybridized carbons (Fsp3) is 0.379. The first-order valence-electron chi connectivity index (χ1n) is 12.7. The molecule has 0 bridgehead atoms. The third-order valence-corrected chi connectivity index (χ3v) is 7.74. The van der Waals surface area contributed by atoms with Gasteiger partial charge < -0.3 is 24.8 Å². The predicted octanol–water partition coefficient (Wildman–Crippen LogP) is 3.77. The van der Waals surface area contributed by atoms with Crippen LogP contribution in [0.2, 0.25) is 0 Å². The molecule has 0 aliphatic carbocycles. The number of hydrogen-bond donors (Lipinski definition) is 2. The Hall–Kier alpha value is -4.39. The van der Waals surface area contributed by atoms with Gasteiger partial charge in [0.05, 0.1) is 18.6 Å². The number of likely N-dealkylation sites (tertiary alicyclic amines) is 1. The van der Waals surface area contributed by atoms with Gasteiger partial charge in [0.1, 0.15) is 29.2 Å². The molecule has 3 amide bonds. The number of benzene rings is 2. The van der Waals surface area contributed by atoms with E-state index < -0.39 is 35.0 Å². The molecule has 1 aromatic heterocycles. The lowest BCUT2D eigenvalue weighted by molar-refractivity contribution is -0.137. The van der Waals surface area contributed by atoms with Crippen LogP contribution in [0, 0.1) is 11.3 Å². The number of likely N-dealkylation sites (N-methyl/N-ethyl adjacent to an activating group) is 1. The molecule has 0 saturated carbocycles. The van der Waals surface area contributed by atoms with Crippen LogP contribution in [0.25, 0.3) is 10.9 Å². The fourth-order valence-electron chi connectivity index (χ4n) is 5.78. The number of rotatable bonds is 6. The molecule has 2 aliphatic rings. The summed E-state index contributed by atoms with van der Waals surface area (Å²) in [5, 5.41) is 13.5. The zero-order valence-corrected chi connectivity index (χ0v) is 22.2. The van der Waals surface area contributed by atoms with Gasteiger partial charge in [-0.3, -0.25) is 14.4 Å². The maximum absolute atomic E-state index is 15.0. The van der Waals surface area contributed by atoms with Crippen LogP contribution in [-0.4, -0.2) is 71.0 Å². The highest BCUT2D eigenvalue weighted by Crippen LogP contribution is 2.46. The van der Waals surface area contributed by atoms with Gasteiger partial charge in [-0.15, -0.1) is 0 Å². The van der Waals surface area contributed by atoms with Crippen molar-refractivity contribution in [1.29, 1.82) is 5.26 Å². The number of aromatic amines is 1. The van der Waals surface area contributed by atoms with Crippen molar-refractivity contribution in [2.75, 3.05) is 26.0 Å². The molecular formula is C29H30FN5O4. The number of nitrogens with one attached hydrogen (secondary N) is 2. The molecule has 1 spiro atoms. The zero-order valence-electron chi connectivity index (χ0n) is 22.2. The van der Waals surface area contributed by atoms with E-state index in [1.54, 1.807) is 36.4 Å². The molecule has 3 heterocycles. The van der Waals surface area contributed by atoms with Gasteiger partial charge in [-0.25, -0.2) is 4.39 Å². The smallest absolute Gasteiger partial charge is 0.270 e. The van der Waals surface area contributed by atoms with Crippen molar-refractivity contribution in [2.24, 2.45) is 0 Å². The maximum atomic E-state index is 15.0. The number of carbonyl (C=O) groups is 3. The van der Waals surface area contributed by atoms with Gasteiger partial charge in [-0.1, -0.05) is 24.3 Å². The molecule has 1 saturated heterocycles. The van der Waals surface area contributed by atoms with Crippen LogP contribution in [0.3, 0.4) is 0 Å². The highest BCUT2D eigenvalue weighted by atomic mass is 19.1. The van der Waals surface area contributed by atoms with Crippen LogP contribution in [0.4, 0.5) is 10.1 Å². The number of halogens is 1. The van der Waals surface area contributed by atoms with E-state index in [0.29, 0.717) is 22.3 Å². The normalized spacial score (nSPS) is 21.0. The molecular weight excluding hydrogens is 501 g/mol. The first-order chi connectivity index (χ1) is 18.5. The Morgan fingerprint density at radius 1 is 1.28 bits per heavy atom. The lowest BCUT2D eigenvalue weighted by atomic mass is 9.80. The topological polar surface area (TPSA) is 119 Å². The van der Waals surface area contributed by atoms with Gasteiger partial charge in [0.15, 0.2) is 0 Å². The van der Waals surface area contributed by atoms with Crippen LogP contribution in [0.5, 0.6) is 5.75 Å². The summed E-state index contributed by atoms with van der Waals surface area (Å²) in [5.74, 6) is -0.788. The van der Waals surface area contributed by atoms with Gasteiger partial charge in [0.25, 0.3) is 5.91 Å². The number of nitrogens with zero attached hydrogens (tertiary/aromatic N) is 3. The second-order valence-electron chi connectivity index (χ2n) is 10.9. The van der Waals surface area contributed by atoms with E-state index in [1.165, 1.54) is 37.8 Å². The summed E-state index contributed by atoms with van der Waals surface area (Å²) in [6.07, 6.45) is -0.175. The standard InChI is InChI=1S/C29H30FN5O4/c1-28(2,30)14-23(34(3)25(36)22-12-18-20(32-22)10-7-11-24(18)39-4)26(37)35-16-29(13-17(35)15-31)19-8-5-6-9-21(19)33-27(29)38/h5-12,17,23,32H,13-14,16H2,1-4H3,(H,33,38)/t17-,23?,29-/m0/s1. The summed E-state index contributed by atoms with van der Waals surface area (Å²) in [6.45, 7) is 2.64. The predicted molar refractivity (Wildman–Crippen MR) is 143 cm³/mol. The number of H-pyrrole nitrogens is 1. The molecule has 3 aromatic rings. The van der Waals surface area contributed by atoms with Gasteiger partial charge >= 0.3 is 0 Å². The van der Waals surface area contributed by atoms with E-state index in [2.05, 4.69) is 16.4 Å². The van der Waals surface area contributed by atoms with Gasteiger partial charge in [-0.2, -0.15) is 5.26 Å². The number of carbonyl (C=O) groups excluding carboxylic acids is 3. The number of amides is 3. The average molecular weight is 532 g/mol. The zero-order chi connectivity index (χ0) is 28.1. The van der Waals surface area contributed by atoms with E-state index in [1.807, 2.05) is 12.1 Å². The SMILES string of the molecule is COc1cccc2[nH]c(C(=O)N(C)C(CC(C)(C)F)C(=O)N3C[C@]4(C[C@H]3C#N)C(=O)Nc3ccccc34)cc12. The Morgan fingerprint density at radius 2 is 2.03 bits per heavy atom. The molecule has 9 nitrogen and oxygen atoms in total. The summed E-state index contributed by atoms with van der Waals surface area (Å²) >= 11 is 0. The maximum Gasteiger partial charge on any atom is 0.270 e. The number of nitriles is 1. The Bertz CT molecular complexity index is 1520. The summed E-state index contributed by atoms with van der Waals surface area (Å²) < 4.78 is 20.4. The fourth-order valence-corrected chi connectivity index (χ4v) is 5.78. The quantitative estimate of drug-likeness (QED) is 0.502. The number of fused-ring (bicyclic) bond motifs is 3. The lowest BCUT2D eigenvalue weighted by Gasteiger charge is -2.34. The van der Waals surface area contributed by atoms with E-state index in [4.69, 9.17) is 4.74 Å². The first-order valence-corrected chi connectivity index (χ1v) is 12.7. The number of ether oxygens (including phenoxy) is 1. The first kappa shape index (κ1) is 26.2. The molecule has 2 aromatic carbocycles. The van der Waals surface area contributed by atoms with Gasteiger partial charge in [0, 0.05) is 43.0 Å². The number of hydrogen-bond acceptors (Lipinski definition) is 5. The molecule has 2 aliphatic heterocycles. The van der Waals surface area contributed by atoms with Crippen molar-refractivity contribution in [3.05, 3.63) is 59.8 Å². The van der Waals surface area contributed by atoms with Crippen molar-refractivity contribution in [2.45, 2.75) is 49.9 Å². The minimum absolute atomic E-state index is 0.0399. The Morgan fingerprint density at radius 3 is 2.72 bits per heavy atom. The van der Waals surface area contributed by atoms with Crippen molar-refractivity contribution >= 4 is 34.3 Å². The Kier molecular flexibility index (Phi) is 6.33. The molecule has 202 valence electrons. The van der Waals surface area contributed by atoms with E-state index >= 15 is 4.39 Å².